The molecule has 0 bridgehead atoms. The van der Waals surface area contributed by atoms with Gasteiger partial charge in [0.05, 0.1) is 11.1 Å². The second kappa shape index (κ2) is 9.22. The number of nitrogens with zero attached hydrogens (tertiary/aromatic N) is 2. The van der Waals surface area contributed by atoms with Crippen molar-refractivity contribution in [3.05, 3.63) is 53.5 Å². The first-order valence-electron chi connectivity index (χ1n) is 11.5. The molecular weight excluding hydrogens is 422 g/mol. The van der Waals surface area contributed by atoms with Crippen LogP contribution in [0.5, 0.6) is 0 Å². The molecule has 0 unspecified atom stereocenters. The summed E-state index contributed by atoms with van der Waals surface area (Å²) in [4.78, 5) is 29.8. The van der Waals surface area contributed by atoms with Crippen molar-refractivity contribution in [2.45, 2.75) is 57.2 Å². The van der Waals surface area contributed by atoms with Gasteiger partial charge in [-0.2, -0.15) is 0 Å². The maximum atomic E-state index is 13.2. The Bertz CT molecular complexity index is 937. The third-order valence-electron chi connectivity index (χ3n) is 6.59. The van der Waals surface area contributed by atoms with E-state index in [4.69, 9.17) is 4.42 Å². The van der Waals surface area contributed by atoms with Crippen molar-refractivity contribution in [3.63, 3.8) is 0 Å². The lowest BCUT2D eigenvalue weighted by atomic mass is 9.92. The molecular formula is C25H33N3O3S. The van der Waals surface area contributed by atoms with Crippen molar-refractivity contribution in [1.82, 2.24) is 9.80 Å². The third-order valence-corrected chi connectivity index (χ3v) is 8.14. The number of likely N-dealkylation sites (tertiary alicyclic amines) is 1. The lowest BCUT2D eigenvalue weighted by Crippen LogP contribution is -2.54. The van der Waals surface area contributed by atoms with Gasteiger partial charge in [-0.25, -0.2) is 4.79 Å². The smallest absolute Gasteiger partial charge is 0.321 e. The fraction of sp³-hybridized carbons (Fsp3) is 0.520. The highest BCUT2D eigenvalue weighted by atomic mass is 32.2. The molecule has 1 aromatic heterocycles. The standard InChI is InChI=1S/C25H33N3O3S/c1-17(2)19-7-5-8-20(18(3)4)22(19)26-24(30)27-12-10-25(11-13-27)28(14-16-32-25)23(29)21-9-6-15-31-21/h5-9,15,17-18H,10-14,16H2,1-4H3,(H,26,30). The van der Waals surface area contributed by atoms with E-state index in [9.17, 15) is 9.59 Å². The quantitative estimate of drug-likeness (QED) is 0.638. The molecule has 0 atom stereocenters. The Morgan fingerprint density at radius 2 is 1.66 bits per heavy atom. The van der Waals surface area contributed by atoms with Crippen LogP contribution in [0.2, 0.25) is 0 Å². The molecule has 3 amide bonds. The average Bonchev–Trinajstić information content (AvgIpc) is 3.44. The molecule has 0 saturated carbocycles. The zero-order chi connectivity index (χ0) is 22.9. The van der Waals surface area contributed by atoms with Crippen molar-refractivity contribution in [2.75, 3.05) is 30.7 Å². The van der Waals surface area contributed by atoms with Gasteiger partial charge in [0.1, 0.15) is 0 Å². The topological polar surface area (TPSA) is 65.8 Å². The lowest BCUT2D eigenvalue weighted by molar-refractivity contribution is 0.0554. The first kappa shape index (κ1) is 22.8. The monoisotopic (exact) mass is 455 g/mol. The summed E-state index contributed by atoms with van der Waals surface area (Å²) in [5, 5.41) is 3.23. The van der Waals surface area contributed by atoms with Crippen LogP contribution in [0.1, 0.15) is 74.1 Å². The molecule has 2 fully saturated rings. The summed E-state index contributed by atoms with van der Waals surface area (Å²) in [6.45, 7) is 10.6. The van der Waals surface area contributed by atoms with Gasteiger partial charge in [0, 0.05) is 31.1 Å². The zero-order valence-corrected chi connectivity index (χ0v) is 20.2. The maximum absolute atomic E-state index is 13.2. The second-order valence-electron chi connectivity index (χ2n) is 9.27. The van der Waals surface area contributed by atoms with Gasteiger partial charge in [0.2, 0.25) is 0 Å². The van der Waals surface area contributed by atoms with Crippen molar-refractivity contribution >= 4 is 29.4 Å². The van der Waals surface area contributed by atoms with Crippen LogP contribution in [0.25, 0.3) is 0 Å². The van der Waals surface area contributed by atoms with E-state index in [0.29, 0.717) is 30.7 Å². The largest absolute Gasteiger partial charge is 0.459 e. The number of hydrogen-bond acceptors (Lipinski definition) is 4. The number of hydrogen-bond donors (Lipinski definition) is 1. The number of anilines is 1. The first-order chi connectivity index (χ1) is 15.3. The summed E-state index contributed by atoms with van der Waals surface area (Å²) < 4.78 is 5.35. The van der Waals surface area contributed by atoms with E-state index in [-0.39, 0.29) is 16.8 Å². The molecule has 1 aromatic carbocycles. The van der Waals surface area contributed by atoms with E-state index in [1.54, 1.807) is 12.1 Å². The molecule has 2 aromatic rings. The van der Waals surface area contributed by atoms with Gasteiger partial charge in [-0.3, -0.25) is 4.79 Å². The Morgan fingerprint density at radius 3 is 2.22 bits per heavy atom. The Labute approximate surface area is 194 Å². The Balaban J connectivity index is 1.46. The average molecular weight is 456 g/mol. The number of piperidine rings is 1. The summed E-state index contributed by atoms with van der Waals surface area (Å²) >= 11 is 1.83. The van der Waals surface area contributed by atoms with Crippen LogP contribution in [0.15, 0.2) is 41.0 Å². The van der Waals surface area contributed by atoms with Gasteiger partial charge < -0.3 is 19.5 Å². The molecule has 32 heavy (non-hydrogen) atoms. The second-order valence-corrected chi connectivity index (χ2v) is 10.7. The Hall–Kier alpha value is -2.41. The van der Waals surface area contributed by atoms with Gasteiger partial charge >= 0.3 is 6.03 Å². The maximum Gasteiger partial charge on any atom is 0.321 e. The van der Waals surface area contributed by atoms with Gasteiger partial charge in [0.15, 0.2) is 5.76 Å². The van der Waals surface area contributed by atoms with Crippen molar-refractivity contribution in [2.24, 2.45) is 0 Å². The lowest BCUT2D eigenvalue weighted by Gasteiger charge is -2.43. The van der Waals surface area contributed by atoms with Crippen LogP contribution < -0.4 is 5.32 Å². The summed E-state index contributed by atoms with van der Waals surface area (Å²) in [7, 11) is 0. The van der Waals surface area contributed by atoms with Gasteiger partial charge in [-0.05, 0) is 47.9 Å². The number of benzene rings is 1. The highest BCUT2D eigenvalue weighted by molar-refractivity contribution is 8.00. The van der Waals surface area contributed by atoms with E-state index in [1.165, 1.54) is 17.4 Å². The number of furan rings is 1. The summed E-state index contributed by atoms with van der Waals surface area (Å²) in [5.41, 5.74) is 3.28. The number of amides is 3. The van der Waals surface area contributed by atoms with Crippen LogP contribution in [0.3, 0.4) is 0 Å². The number of para-hydroxylation sites is 1. The molecule has 7 heteroatoms. The van der Waals surface area contributed by atoms with Gasteiger partial charge in [0.25, 0.3) is 5.91 Å². The SMILES string of the molecule is CC(C)c1cccc(C(C)C)c1NC(=O)N1CCC2(CC1)SCCN2C(=O)c1ccco1. The van der Waals surface area contributed by atoms with E-state index in [0.717, 1.165) is 30.8 Å². The molecule has 3 heterocycles. The van der Waals surface area contributed by atoms with Crippen LogP contribution in [0.4, 0.5) is 10.5 Å². The molecule has 2 saturated heterocycles. The molecule has 0 radical (unpaired) electrons. The third kappa shape index (κ3) is 4.27. The van der Waals surface area contributed by atoms with E-state index >= 15 is 0 Å². The molecule has 1 spiro atoms. The van der Waals surface area contributed by atoms with Gasteiger partial charge in [-0.15, -0.1) is 11.8 Å². The first-order valence-corrected chi connectivity index (χ1v) is 12.5. The fourth-order valence-corrected chi connectivity index (χ4v) is 6.24. The molecule has 1 N–H and O–H groups in total. The molecule has 172 valence electrons. The molecule has 4 rings (SSSR count). The predicted octanol–water partition coefficient (Wildman–Crippen LogP) is 5.74. The number of nitrogens with one attached hydrogen (secondary N) is 1. The summed E-state index contributed by atoms with van der Waals surface area (Å²) in [5.74, 6) is 1.90. The van der Waals surface area contributed by atoms with E-state index in [2.05, 4.69) is 51.2 Å². The Kier molecular flexibility index (Phi) is 6.56. The Morgan fingerprint density at radius 1 is 1.00 bits per heavy atom. The van der Waals surface area contributed by atoms with Crippen molar-refractivity contribution in [3.8, 4) is 0 Å². The number of carbonyl (C=O) groups excluding carboxylic acids is 2. The number of thioether (sulfide) groups is 1. The minimum absolute atomic E-state index is 0.0506. The molecule has 2 aliphatic rings. The predicted molar refractivity (Wildman–Crippen MR) is 129 cm³/mol. The fourth-order valence-electron chi connectivity index (χ4n) is 4.78. The van der Waals surface area contributed by atoms with Gasteiger partial charge in [-0.1, -0.05) is 45.9 Å². The van der Waals surface area contributed by atoms with E-state index < -0.39 is 0 Å². The minimum atomic E-state index is -0.250. The van der Waals surface area contributed by atoms with Crippen LogP contribution in [-0.2, 0) is 0 Å². The van der Waals surface area contributed by atoms with Crippen LogP contribution in [0, 0.1) is 0 Å². The van der Waals surface area contributed by atoms with Crippen LogP contribution >= 0.6 is 11.8 Å². The zero-order valence-electron chi connectivity index (χ0n) is 19.4. The highest BCUT2D eigenvalue weighted by Gasteiger charge is 2.47. The highest BCUT2D eigenvalue weighted by Crippen LogP contribution is 2.44. The van der Waals surface area contributed by atoms with E-state index in [1.807, 2.05) is 21.6 Å². The number of rotatable bonds is 4. The number of carbonyl (C=O) groups is 2. The molecule has 2 aliphatic heterocycles. The number of urea groups is 1. The minimum Gasteiger partial charge on any atom is -0.459 e. The van der Waals surface area contributed by atoms with Crippen molar-refractivity contribution < 1.29 is 14.0 Å². The summed E-state index contributed by atoms with van der Waals surface area (Å²) in [6, 6.07) is 9.69. The molecule has 6 nitrogen and oxygen atoms in total. The van der Waals surface area contributed by atoms with Crippen LogP contribution in [-0.4, -0.2) is 52.0 Å². The van der Waals surface area contributed by atoms with Crippen molar-refractivity contribution in [1.29, 1.82) is 0 Å². The molecule has 0 aliphatic carbocycles. The normalized spacial score (nSPS) is 18.1. The summed E-state index contributed by atoms with van der Waals surface area (Å²) in [6.07, 6.45) is 3.07.